The summed E-state index contributed by atoms with van der Waals surface area (Å²) in [5, 5.41) is 1.17. The Hall–Kier alpha value is -1.61. The molecule has 0 saturated carbocycles. The second-order valence-corrected chi connectivity index (χ2v) is 4.17. The number of aryl methyl sites for hydroxylation is 1. The zero-order valence-corrected chi connectivity index (χ0v) is 9.19. The van der Waals surface area contributed by atoms with Crippen molar-refractivity contribution in [1.82, 2.24) is 4.57 Å². The van der Waals surface area contributed by atoms with Gasteiger partial charge in [-0.2, -0.15) is 0 Å². The summed E-state index contributed by atoms with van der Waals surface area (Å²) >= 11 is 0. The van der Waals surface area contributed by atoms with Crippen molar-refractivity contribution in [2.24, 2.45) is 0 Å². The minimum atomic E-state index is 0.678. The lowest BCUT2D eigenvalue weighted by Crippen LogP contribution is -2.16. The number of hydrogen-bond acceptors (Lipinski definition) is 2. The van der Waals surface area contributed by atoms with Crippen LogP contribution in [0.5, 0.6) is 0 Å². The van der Waals surface area contributed by atoms with Crippen molar-refractivity contribution < 1.29 is 9.53 Å². The van der Waals surface area contributed by atoms with Gasteiger partial charge in [-0.3, -0.25) is 4.79 Å². The molecule has 0 amide bonds. The summed E-state index contributed by atoms with van der Waals surface area (Å²) in [7, 11) is 0. The average molecular weight is 215 g/mol. The number of rotatable bonds is 1. The summed E-state index contributed by atoms with van der Waals surface area (Å²) in [5.41, 5.74) is 4.42. The third-order valence-electron chi connectivity index (χ3n) is 3.31. The van der Waals surface area contributed by atoms with Gasteiger partial charge in [0, 0.05) is 28.7 Å². The van der Waals surface area contributed by atoms with Gasteiger partial charge in [0.25, 0.3) is 0 Å². The maximum Gasteiger partial charge on any atom is 0.150 e. The highest BCUT2D eigenvalue weighted by Crippen LogP contribution is 2.28. The number of aldehydes is 1. The van der Waals surface area contributed by atoms with Crippen LogP contribution in [-0.2, 0) is 17.9 Å². The van der Waals surface area contributed by atoms with Gasteiger partial charge in [0.05, 0.1) is 13.2 Å². The Morgan fingerprint density at radius 1 is 1.44 bits per heavy atom. The molecule has 3 nitrogen and oxygen atoms in total. The van der Waals surface area contributed by atoms with Crippen molar-refractivity contribution in [2.75, 3.05) is 6.61 Å². The molecule has 3 rings (SSSR count). The fourth-order valence-electron chi connectivity index (χ4n) is 2.43. The molecule has 3 heteroatoms. The first-order valence-electron chi connectivity index (χ1n) is 5.46. The van der Waals surface area contributed by atoms with Gasteiger partial charge in [0.1, 0.15) is 6.29 Å². The summed E-state index contributed by atoms with van der Waals surface area (Å²) in [6, 6.07) is 5.86. The minimum Gasteiger partial charge on any atom is -0.373 e. The molecular weight excluding hydrogens is 202 g/mol. The number of nitrogens with zero attached hydrogens (tertiary/aromatic N) is 1. The maximum absolute atomic E-state index is 10.8. The number of benzene rings is 1. The van der Waals surface area contributed by atoms with Gasteiger partial charge in [-0.1, -0.05) is 0 Å². The van der Waals surface area contributed by atoms with Gasteiger partial charge < -0.3 is 9.30 Å². The molecule has 2 heterocycles. The zero-order chi connectivity index (χ0) is 11.1. The van der Waals surface area contributed by atoms with E-state index >= 15 is 0 Å². The quantitative estimate of drug-likeness (QED) is 0.683. The van der Waals surface area contributed by atoms with E-state index in [9.17, 15) is 4.79 Å². The average Bonchev–Trinajstić information content (AvgIpc) is 2.64. The van der Waals surface area contributed by atoms with Crippen LogP contribution in [0, 0.1) is 6.92 Å². The van der Waals surface area contributed by atoms with Gasteiger partial charge in [-0.25, -0.2) is 0 Å². The van der Waals surface area contributed by atoms with Gasteiger partial charge in [-0.05, 0) is 30.7 Å². The topological polar surface area (TPSA) is 31.2 Å². The molecule has 0 spiro atoms. The van der Waals surface area contributed by atoms with E-state index in [4.69, 9.17) is 4.74 Å². The Morgan fingerprint density at radius 3 is 3.12 bits per heavy atom. The van der Waals surface area contributed by atoms with Crippen molar-refractivity contribution in [3.05, 3.63) is 35.0 Å². The Labute approximate surface area is 93.6 Å². The summed E-state index contributed by atoms with van der Waals surface area (Å²) in [6.07, 6.45) is 0.895. The molecule has 2 aromatic rings. The molecule has 1 aliphatic rings. The van der Waals surface area contributed by atoms with E-state index in [1.165, 1.54) is 22.2 Å². The second kappa shape index (κ2) is 3.46. The van der Waals surface area contributed by atoms with Gasteiger partial charge in [0.2, 0.25) is 0 Å². The number of hydrogen-bond donors (Lipinski definition) is 0. The van der Waals surface area contributed by atoms with Crippen molar-refractivity contribution in [3.8, 4) is 0 Å². The second-order valence-electron chi connectivity index (χ2n) is 4.17. The van der Waals surface area contributed by atoms with Crippen LogP contribution in [0.2, 0.25) is 0 Å². The first-order valence-corrected chi connectivity index (χ1v) is 5.46. The lowest BCUT2D eigenvalue weighted by Gasteiger charge is -2.17. The van der Waals surface area contributed by atoms with Crippen LogP contribution in [0.4, 0.5) is 0 Å². The van der Waals surface area contributed by atoms with Crippen molar-refractivity contribution in [3.63, 3.8) is 0 Å². The first kappa shape index (κ1) is 9.60. The van der Waals surface area contributed by atoms with Crippen LogP contribution in [0.25, 0.3) is 10.9 Å². The van der Waals surface area contributed by atoms with Crippen molar-refractivity contribution in [2.45, 2.75) is 20.1 Å². The molecule has 0 fully saturated rings. The molecule has 1 aromatic heterocycles. The molecular formula is C13H13NO2. The van der Waals surface area contributed by atoms with Gasteiger partial charge in [0.15, 0.2) is 0 Å². The molecule has 0 aliphatic carbocycles. The van der Waals surface area contributed by atoms with Crippen molar-refractivity contribution >= 4 is 17.2 Å². The molecule has 0 unspecified atom stereocenters. The predicted octanol–water partition coefficient (Wildman–Crippen LogP) is 2.29. The van der Waals surface area contributed by atoms with E-state index in [2.05, 4.69) is 11.5 Å². The Balaban J connectivity index is 2.34. The van der Waals surface area contributed by atoms with Crippen LogP contribution >= 0.6 is 0 Å². The van der Waals surface area contributed by atoms with E-state index in [1.54, 1.807) is 0 Å². The normalized spacial score (nSPS) is 15.1. The molecule has 0 bridgehead atoms. The number of fused-ring (bicyclic) bond motifs is 3. The Morgan fingerprint density at radius 2 is 2.31 bits per heavy atom. The van der Waals surface area contributed by atoms with E-state index in [-0.39, 0.29) is 0 Å². The number of ether oxygens (including phenoxy) is 1. The fraction of sp³-hybridized carbons (Fsp3) is 0.308. The van der Waals surface area contributed by atoms with Gasteiger partial charge in [-0.15, -0.1) is 0 Å². The molecule has 1 aromatic carbocycles. The third kappa shape index (κ3) is 1.21. The largest absolute Gasteiger partial charge is 0.373 e. The van der Waals surface area contributed by atoms with E-state index in [0.29, 0.717) is 6.61 Å². The summed E-state index contributed by atoms with van der Waals surface area (Å²) in [5.74, 6) is 0. The molecule has 0 N–H and O–H groups in total. The fourth-order valence-corrected chi connectivity index (χ4v) is 2.43. The SMILES string of the molecule is Cc1c2n(c3ccc(C=O)cc13)CCOC2. The standard InChI is InChI=1S/C13H13NO2/c1-9-11-6-10(7-15)2-3-12(11)14-4-5-16-8-13(9)14/h2-3,6-7H,4-5,8H2,1H3. The number of aromatic nitrogens is 1. The molecule has 16 heavy (non-hydrogen) atoms. The minimum absolute atomic E-state index is 0.678. The van der Waals surface area contributed by atoms with E-state index in [1.807, 2.05) is 18.2 Å². The Bertz CT molecular complexity index is 569. The molecule has 0 radical (unpaired) electrons. The third-order valence-corrected chi connectivity index (χ3v) is 3.31. The highest BCUT2D eigenvalue weighted by molar-refractivity contribution is 5.90. The monoisotopic (exact) mass is 215 g/mol. The van der Waals surface area contributed by atoms with Crippen LogP contribution < -0.4 is 0 Å². The number of carbonyl (C=O) groups excluding carboxylic acids is 1. The summed E-state index contributed by atoms with van der Waals surface area (Å²) < 4.78 is 7.77. The number of carbonyl (C=O) groups is 1. The van der Waals surface area contributed by atoms with Crippen LogP contribution in [0.15, 0.2) is 18.2 Å². The summed E-state index contributed by atoms with van der Waals surface area (Å²) in [4.78, 5) is 10.8. The molecule has 82 valence electrons. The van der Waals surface area contributed by atoms with Crippen LogP contribution in [-0.4, -0.2) is 17.5 Å². The van der Waals surface area contributed by atoms with Crippen molar-refractivity contribution in [1.29, 1.82) is 0 Å². The molecule has 0 saturated heterocycles. The maximum atomic E-state index is 10.8. The highest BCUT2D eigenvalue weighted by Gasteiger charge is 2.17. The Kier molecular flexibility index (Phi) is 2.07. The van der Waals surface area contributed by atoms with E-state index < -0.39 is 0 Å². The van der Waals surface area contributed by atoms with E-state index in [0.717, 1.165) is 25.0 Å². The van der Waals surface area contributed by atoms with Crippen LogP contribution in [0.3, 0.4) is 0 Å². The summed E-state index contributed by atoms with van der Waals surface area (Å²) in [6.45, 7) is 4.44. The smallest absolute Gasteiger partial charge is 0.150 e. The molecule has 0 atom stereocenters. The first-order chi connectivity index (χ1) is 7.81. The van der Waals surface area contributed by atoms with Crippen LogP contribution in [0.1, 0.15) is 21.6 Å². The lowest BCUT2D eigenvalue weighted by molar-refractivity contribution is 0.0860. The zero-order valence-electron chi connectivity index (χ0n) is 9.19. The molecule has 1 aliphatic heterocycles. The van der Waals surface area contributed by atoms with Gasteiger partial charge >= 0.3 is 0 Å². The predicted molar refractivity (Wildman–Crippen MR) is 61.7 cm³/mol. The highest BCUT2D eigenvalue weighted by atomic mass is 16.5. The lowest BCUT2D eigenvalue weighted by atomic mass is 10.1.